The highest BCUT2D eigenvalue weighted by Gasteiger charge is 2.07. The molecule has 0 atom stereocenters. The molecule has 2 aromatic carbocycles. The van der Waals surface area contributed by atoms with Gasteiger partial charge in [0.1, 0.15) is 0 Å². The minimum absolute atomic E-state index is 0.486. The van der Waals surface area contributed by atoms with E-state index in [0.717, 1.165) is 26.1 Å². The zero-order valence-electron chi connectivity index (χ0n) is 15.6. The van der Waals surface area contributed by atoms with Gasteiger partial charge in [0.15, 0.2) is 5.96 Å². The van der Waals surface area contributed by atoms with Gasteiger partial charge in [-0.2, -0.15) is 0 Å². The van der Waals surface area contributed by atoms with Crippen LogP contribution in [0.5, 0.6) is 0 Å². The van der Waals surface area contributed by atoms with Crippen molar-refractivity contribution < 1.29 is 4.74 Å². The Morgan fingerprint density at radius 3 is 2.12 bits per heavy atom. The Labute approximate surface area is 156 Å². The average molecular weight is 354 g/mol. The topological polar surface area (TPSA) is 62.9 Å². The summed E-state index contributed by atoms with van der Waals surface area (Å²) in [6.45, 7) is 4.85. The number of methoxy groups -OCH3 is 1. The molecule has 140 valence electrons. The largest absolute Gasteiger partial charge is 0.383 e. The SMILES string of the molecule is COCCNC(N)=NCCCN(Cc1ccccc1)Cc1ccccc1. The molecule has 5 nitrogen and oxygen atoms in total. The molecule has 0 spiro atoms. The van der Waals surface area contributed by atoms with Crippen molar-refractivity contribution in [2.45, 2.75) is 19.5 Å². The fourth-order valence-electron chi connectivity index (χ4n) is 2.73. The molecule has 0 aromatic heterocycles. The van der Waals surface area contributed by atoms with Crippen LogP contribution in [0.1, 0.15) is 17.5 Å². The van der Waals surface area contributed by atoms with Gasteiger partial charge >= 0.3 is 0 Å². The summed E-state index contributed by atoms with van der Waals surface area (Å²) in [5, 5.41) is 3.04. The van der Waals surface area contributed by atoms with Crippen molar-refractivity contribution in [2.75, 3.05) is 33.4 Å². The van der Waals surface area contributed by atoms with Gasteiger partial charge in [0.2, 0.25) is 0 Å². The second-order valence-electron chi connectivity index (χ2n) is 6.22. The quantitative estimate of drug-likeness (QED) is 0.370. The predicted molar refractivity (Wildman–Crippen MR) is 108 cm³/mol. The smallest absolute Gasteiger partial charge is 0.188 e. The number of rotatable bonds is 11. The maximum absolute atomic E-state index is 5.85. The second kappa shape index (κ2) is 12.1. The van der Waals surface area contributed by atoms with Crippen molar-refractivity contribution in [3.8, 4) is 0 Å². The van der Waals surface area contributed by atoms with E-state index in [1.807, 2.05) is 0 Å². The van der Waals surface area contributed by atoms with E-state index in [2.05, 4.69) is 75.9 Å². The van der Waals surface area contributed by atoms with Crippen LogP contribution in [0, 0.1) is 0 Å². The summed E-state index contributed by atoms with van der Waals surface area (Å²) in [5.41, 5.74) is 8.50. The number of nitrogens with one attached hydrogen (secondary N) is 1. The lowest BCUT2D eigenvalue weighted by molar-refractivity contribution is 0.204. The Bertz CT molecular complexity index is 589. The number of ether oxygens (including phenoxy) is 1. The summed E-state index contributed by atoms with van der Waals surface area (Å²) in [6.07, 6.45) is 0.965. The van der Waals surface area contributed by atoms with E-state index in [9.17, 15) is 0 Å². The summed E-state index contributed by atoms with van der Waals surface area (Å²) in [5.74, 6) is 0.486. The third-order valence-corrected chi connectivity index (χ3v) is 4.02. The van der Waals surface area contributed by atoms with Crippen molar-refractivity contribution in [3.63, 3.8) is 0 Å². The molecule has 0 saturated heterocycles. The molecule has 0 saturated carbocycles. The minimum atomic E-state index is 0.486. The lowest BCUT2D eigenvalue weighted by Crippen LogP contribution is -2.34. The number of nitrogens with zero attached hydrogens (tertiary/aromatic N) is 2. The first kappa shape index (κ1) is 19.9. The van der Waals surface area contributed by atoms with E-state index >= 15 is 0 Å². The van der Waals surface area contributed by atoms with Crippen molar-refractivity contribution in [1.82, 2.24) is 10.2 Å². The van der Waals surface area contributed by atoms with Crippen LogP contribution >= 0.6 is 0 Å². The normalized spacial score (nSPS) is 11.7. The average Bonchev–Trinajstić information content (AvgIpc) is 2.67. The zero-order valence-corrected chi connectivity index (χ0v) is 15.6. The molecule has 0 aliphatic heterocycles. The standard InChI is InChI=1S/C21H30N4O/c1-26-16-14-24-21(22)23-13-8-15-25(17-19-9-4-2-5-10-19)18-20-11-6-3-7-12-20/h2-7,9-12H,8,13-18H2,1H3,(H3,22,23,24). The van der Waals surface area contributed by atoms with Gasteiger partial charge in [-0.3, -0.25) is 9.89 Å². The molecule has 3 N–H and O–H groups in total. The summed E-state index contributed by atoms with van der Waals surface area (Å²) < 4.78 is 4.98. The predicted octanol–water partition coefficient (Wildman–Crippen LogP) is 2.63. The monoisotopic (exact) mass is 354 g/mol. The molecule has 5 heteroatoms. The fraction of sp³-hybridized carbons (Fsp3) is 0.381. The summed E-state index contributed by atoms with van der Waals surface area (Å²) >= 11 is 0. The highest BCUT2D eigenvalue weighted by Crippen LogP contribution is 2.10. The van der Waals surface area contributed by atoms with Crippen LogP contribution in [0.2, 0.25) is 0 Å². The van der Waals surface area contributed by atoms with Crippen molar-refractivity contribution in [2.24, 2.45) is 10.7 Å². The third-order valence-electron chi connectivity index (χ3n) is 4.02. The number of guanidine groups is 1. The Kier molecular flexibility index (Phi) is 9.25. The Morgan fingerprint density at radius 1 is 1.00 bits per heavy atom. The summed E-state index contributed by atoms with van der Waals surface area (Å²) in [7, 11) is 1.67. The molecule has 0 unspecified atom stereocenters. The number of benzene rings is 2. The number of nitrogens with two attached hydrogens (primary N) is 1. The van der Waals surface area contributed by atoms with Crippen LogP contribution < -0.4 is 11.1 Å². The minimum Gasteiger partial charge on any atom is -0.383 e. The Balaban J connectivity index is 1.84. The highest BCUT2D eigenvalue weighted by molar-refractivity contribution is 5.77. The first-order valence-corrected chi connectivity index (χ1v) is 9.11. The molecule has 2 rings (SSSR count). The fourth-order valence-corrected chi connectivity index (χ4v) is 2.73. The van der Waals surface area contributed by atoms with Crippen molar-refractivity contribution in [1.29, 1.82) is 0 Å². The molecule has 26 heavy (non-hydrogen) atoms. The molecule has 2 aromatic rings. The highest BCUT2D eigenvalue weighted by atomic mass is 16.5. The molecule has 0 aliphatic carbocycles. The molecule has 0 bridgehead atoms. The van der Waals surface area contributed by atoms with E-state index in [-0.39, 0.29) is 0 Å². The van der Waals surface area contributed by atoms with Gasteiger partial charge in [-0.05, 0) is 17.5 Å². The molecule has 0 amide bonds. The Hall–Kier alpha value is -2.37. The Morgan fingerprint density at radius 2 is 1.58 bits per heavy atom. The third kappa shape index (κ3) is 8.14. The van der Waals surface area contributed by atoms with Gasteiger partial charge in [0.25, 0.3) is 0 Å². The van der Waals surface area contributed by atoms with Gasteiger partial charge in [-0.25, -0.2) is 0 Å². The molecule has 0 heterocycles. The van der Waals surface area contributed by atoms with Crippen molar-refractivity contribution >= 4 is 5.96 Å². The molecular formula is C21H30N4O. The van der Waals surface area contributed by atoms with Crippen molar-refractivity contribution in [3.05, 3.63) is 71.8 Å². The molecular weight excluding hydrogens is 324 g/mol. The van der Waals surface area contributed by atoms with Gasteiger partial charge in [-0.1, -0.05) is 60.7 Å². The van der Waals surface area contributed by atoms with Crippen LogP contribution in [0.25, 0.3) is 0 Å². The van der Waals surface area contributed by atoms with E-state index in [4.69, 9.17) is 10.5 Å². The number of hydrogen-bond acceptors (Lipinski definition) is 3. The second-order valence-corrected chi connectivity index (χ2v) is 6.22. The molecule has 0 radical (unpaired) electrons. The lowest BCUT2D eigenvalue weighted by Gasteiger charge is -2.22. The maximum atomic E-state index is 5.85. The first-order valence-electron chi connectivity index (χ1n) is 9.11. The molecule has 0 aliphatic rings. The first-order chi connectivity index (χ1) is 12.8. The number of aliphatic imine (C=N–C) groups is 1. The summed E-state index contributed by atoms with van der Waals surface area (Å²) in [6, 6.07) is 21.2. The van der Waals surface area contributed by atoms with E-state index in [0.29, 0.717) is 25.7 Å². The van der Waals surface area contributed by atoms with Crippen LogP contribution in [0.3, 0.4) is 0 Å². The van der Waals surface area contributed by atoms with Gasteiger partial charge in [0.05, 0.1) is 6.61 Å². The lowest BCUT2D eigenvalue weighted by atomic mass is 10.1. The van der Waals surface area contributed by atoms with Gasteiger partial charge < -0.3 is 15.8 Å². The zero-order chi connectivity index (χ0) is 18.5. The van der Waals surface area contributed by atoms with Gasteiger partial charge in [-0.15, -0.1) is 0 Å². The van der Waals surface area contributed by atoms with Crippen LogP contribution in [0.15, 0.2) is 65.7 Å². The maximum Gasteiger partial charge on any atom is 0.188 e. The van der Waals surface area contributed by atoms with Crippen LogP contribution in [-0.4, -0.2) is 44.2 Å². The summed E-state index contributed by atoms with van der Waals surface area (Å²) in [4.78, 5) is 6.84. The van der Waals surface area contributed by atoms with E-state index in [1.165, 1.54) is 11.1 Å². The van der Waals surface area contributed by atoms with Gasteiger partial charge in [0, 0.05) is 39.8 Å². The van der Waals surface area contributed by atoms with Crippen LogP contribution in [-0.2, 0) is 17.8 Å². The van der Waals surface area contributed by atoms with E-state index in [1.54, 1.807) is 7.11 Å². The number of hydrogen-bond donors (Lipinski definition) is 2. The molecule has 0 fully saturated rings. The van der Waals surface area contributed by atoms with E-state index < -0.39 is 0 Å². The van der Waals surface area contributed by atoms with Crippen LogP contribution in [0.4, 0.5) is 0 Å².